The molecule has 0 saturated carbocycles. The summed E-state index contributed by atoms with van der Waals surface area (Å²) < 4.78 is 26.7. The lowest BCUT2D eigenvalue weighted by Crippen LogP contribution is -2.29. The minimum absolute atomic E-state index is 0.122. The number of halogens is 2. The predicted octanol–water partition coefficient (Wildman–Crippen LogP) is 2.19. The topological polar surface area (TPSA) is 58.2 Å². The molecule has 1 aliphatic rings. The maximum absolute atomic E-state index is 12.1. The van der Waals surface area contributed by atoms with Gasteiger partial charge in [0.1, 0.15) is 0 Å². The van der Waals surface area contributed by atoms with Gasteiger partial charge in [-0.25, -0.2) is 13.1 Å². The van der Waals surface area contributed by atoms with Crippen molar-refractivity contribution < 1.29 is 8.42 Å². The van der Waals surface area contributed by atoms with E-state index in [1.54, 1.807) is 0 Å². The van der Waals surface area contributed by atoms with Crippen molar-refractivity contribution in [2.45, 2.75) is 11.3 Å². The van der Waals surface area contributed by atoms with E-state index in [-0.39, 0.29) is 9.92 Å². The third-order valence-corrected chi connectivity index (χ3v) is 4.99. The Morgan fingerprint density at radius 1 is 1.26 bits per heavy atom. The minimum Gasteiger partial charge on any atom is -0.313 e. The van der Waals surface area contributed by atoms with Crippen LogP contribution >= 0.6 is 23.2 Å². The fraction of sp³-hybridized carbons (Fsp3) is 0.333. The molecule has 4 nitrogen and oxygen atoms in total. The summed E-state index contributed by atoms with van der Waals surface area (Å²) in [7, 11) is -3.55. The Balaban J connectivity index is 2.09. The Morgan fingerprint density at radius 2 is 2.05 bits per heavy atom. The highest BCUT2D eigenvalue weighted by Gasteiger charge is 2.16. The molecule has 0 fully saturated rings. The van der Waals surface area contributed by atoms with Crippen LogP contribution in [0.2, 0.25) is 10.0 Å². The minimum atomic E-state index is -3.55. The van der Waals surface area contributed by atoms with Crippen LogP contribution in [0.25, 0.3) is 0 Å². The largest absolute Gasteiger partial charge is 0.313 e. The zero-order valence-corrected chi connectivity index (χ0v) is 12.4. The summed E-state index contributed by atoms with van der Waals surface area (Å²) in [6.45, 7) is 1.98. The van der Waals surface area contributed by atoms with Gasteiger partial charge in [0.2, 0.25) is 10.0 Å². The molecule has 0 aliphatic carbocycles. The van der Waals surface area contributed by atoms with Gasteiger partial charge in [0.15, 0.2) is 0 Å². The highest BCUT2D eigenvalue weighted by Crippen LogP contribution is 2.24. The number of sulfonamides is 1. The standard InChI is InChI=1S/C12H14Cl2N2O2S/c13-11-2-1-10(7-12(11)14)19(17,18)16-8-9-3-5-15-6-4-9/h1-3,7,15-16H,4-6,8H2. The Labute approximate surface area is 122 Å². The molecule has 0 unspecified atom stereocenters. The lowest BCUT2D eigenvalue weighted by molar-refractivity contribution is 0.582. The molecular weight excluding hydrogens is 307 g/mol. The number of rotatable bonds is 4. The maximum atomic E-state index is 12.1. The van der Waals surface area contributed by atoms with E-state index in [1.807, 2.05) is 6.08 Å². The summed E-state index contributed by atoms with van der Waals surface area (Å²) in [4.78, 5) is 0.122. The molecule has 0 bridgehead atoms. The summed E-state index contributed by atoms with van der Waals surface area (Å²) in [6.07, 6.45) is 2.85. The second-order valence-electron chi connectivity index (χ2n) is 4.22. The molecule has 2 rings (SSSR count). The zero-order chi connectivity index (χ0) is 13.9. The molecule has 104 valence electrons. The van der Waals surface area contributed by atoms with Gasteiger partial charge in [0.25, 0.3) is 0 Å². The second-order valence-corrected chi connectivity index (χ2v) is 6.80. The molecule has 0 amide bonds. The molecular formula is C12H14Cl2N2O2S. The molecule has 0 aromatic heterocycles. The van der Waals surface area contributed by atoms with Gasteiger partial charge in [0, 0.05) is 13.1 Å². The smallest absolute Gasteiger partial charge is 0.240 e. The van der Waals surface area contributed by atoms with Crippen molar-refractivity contribution in [2.75, 3.05) is 19.6 Å². The van der Waals surface area contributed by atoms with E-state index in [0.717, 1.165) is 25.1 Å². The first-order valence-electron chi connectivity index (χ1n) is 5.82. The molecule has 1 aromatic carbocycles. The van der Waals surface area contributed by atoms with Gasteiger partial charge in [-0.1, -0.05) is 34.9 Å². The van der Waals surface area contributed by atoms with E-state index in [0.29, 0.717) is 11.6 Å². The molecule has 1 aromatic rings. The summed E-state index contributed by atoms with van der Waals surface area (Å²) in [5, 5.41) is 3.73. The maximum Gasteiger partial charge on any atom is 0.240 e. The zero-order valence-electron chi connectivity index (χ0n) is 10.1. The normalized spacial score (nSPS) is 16.2. The van der Waals surface area contributed by atoms with E-state index in [2.05, 4.69) is 10.0 Å². The van der Waals surface area contributed by atoms with Gasteiger partial charge in [-0.3, -0.25) is 0 Å². The quantitative estimate of drug-likeness (QED) is 0.836. The van der Waals surface area contributed by atoms with Crippen molar-refractivity contribution in [3.8, 4) is 0 Å². The van der Waals surface area contributed by atoms with Crippen molar-refractivity contribution in [3.63, 3.8) is 0 Å². The third-order valence-electron chi connectivity index (χ3n) is 2.85. The fourth-order valence-corrected chi connectivity index (χ4v) is 3.17. The Kier molecular flexibility index (Phi) is 4.86. The van der Waals surface area contributed by atoms with Gasteiger partial charge in [0.05, 0.1) is 14.9 Å². The number of hydrogen-bond acceptors (Lipinski definition) is 3. The van der Waals surface area contributed by atoms with Crippen molar-refractivity contribution in [1.82, 2.24) is 10.0 Å². The number of benzene rings is 1. The number of nitrogens with one attached hydrogen (secondary N) is 2. The van der Waals surface area contributed by atoms with Crippen LogP contribution < -0.4 is 10.0 Å². The number of hydrogen-bond donors (Lipinski definition) is 2. The molecule has 0 spiro atoms. The molecule has 0 atom stereocenters. The van der Waals surface area contributed by atoms with Gasteiger partial charge in [-0.15, -0.1) is 0 Å². The van der Waals surface area contributed by atoms with Gasteiger partial charge in [-0.2, -0.15) is 0 Å². The van der Waals surface area contributed by atoms with Crippen LogP contribution in [0, 0.1) is 0 Å². The average Bonchev–Trinajstić information content (AvgIpc) is 2.41. The molecule has 19 heavy (non-hydrogen) atoms. The van der Waals surface area contributed by atoms with Gasteiger partial charge >= 0.3 is 0 Å². The summed E-state index contributed by atoms with van der Waals surface area (Å²) in [5.41, 5.74) is 1.09. The predicted molar refractivity (Wildman–Crippen MR) is 77.2 cm³/mol. The summed E-state index contributed by atoms with van der Waals surface area (Å²) in [5.74, 6) is 0. The van der Waals surface area contributed by atoms with Gasteiger partial charge < -0.3 is 5.32 Å². The average molecular weight is 321 g/mol. The first-order valence-corrected chi connectivity index (χ1v) is 8.06. The van der Waals surface area contributed by atoms with E-state index >= 15 is 0 Å². The van der Waals surface area contributed by atoms with Crippen LogP contribution in [0.5, 0.6) is 0 Å². The Hall–Kier alpha value is -0.590. The molecule has 0 radical (unpaired) electrons. The molecule has 1 aliphatic heterocycles. The summed E-state index contributed by atoms with van der Waals surface area (Å²) >= 11 is 11.6. The van der Waals surface area contributed by atoms with Crippen LogP contribution in [-0.2, 0) is 10.0 Å². The van der Waals surface area contributed by atoms with Crippen molar-refractivity contribution in [2.24, 2.45) is 0 Å². The van der Waals surface area contributed by atoms with E-state index in [9.17, 15) is 8.42 Å². The van der Waals surface area contributed by atoms with E-state index in [4.69, 9.17) is 23.2 Å². The van der Waals surface area contributed by atoms with Crippen LogP contribution in [0.15, 0.2) is 34.7 Å². The Morgan fingerprint density at radius 3 is 2.68 bits per heavy atom. The lowest BCUT2D eigenvalue weighted by atomic mass is 10.1. The molecule has 2 N–H and O–H groups in total. The Bertz CT molecular complexity index is 600. The molecule has 0 saturated heterocycles. The highest BCUT2D eigenvalue weighted by molar-refractivity contribution is 7.89. The third kappa shape index (κ3) is 3.94. The lowest BCUT2D eigenvalue weighted by Gasteiger charge is -2.14. The molecule has 1 heterocycles. The van der Waals surface area contributed by atoms with Crippen LogP contribution in [0.3, 0.4) is 0 Å². The summed E-state index contributed by atoms with van der Waals surface area (Å²) in [6, 6.07) is 4.26. The fourth-order valence-electron chi connectivity index (χ4n) is 1.75. The van der Waals surface area contributed by atoms with Crippen molar-refractivity contribution in [1.29, 1.82) is 0 Å². The van der Waals surface area contributed by atoms with E-state index < -0.39 is 10.0 Å². The van der Waals surface area contributed by atoms with Crippen LogP contribution in [0.1, 0.15) is 6.42 Å². The SMILES string of the molecule is O=S(=O)(NCC1=CCNCC1)c1ccc(Cl)c(Cl)c1. The highest BCUT2D eigenvalue weighted by atomic mass is 35.5. The van der Waals surface area contributed by atoms with Crippen LogP contribution in [0.4, 0.5) is 0 Å². The first-order chi connectivity index (χ1) is 8.99. The van der Waals surface area contributed by atoms with Crippen molar-refractivity contribution >= 4 is 33.2 Å². The van der Waals surface area contributed by atoms with E-state index in [1.165, 1.54) is 18.2 Å². The van der Waals surface area contributed by atoms with Gasteiger partial charge in [-0.05, 0) is 31.2 Å². The first kappa shape index (κ1) is 14.8. The van der Waals surface area contributed by atoms with Crippen molar-refractivity contribution in [3.05, 3.63) is 39.9 Å². The second kappa shape index (κ2) is 6.24. The molecule has 7 heteroatoms. The monoisotopic (exact) mass is 320 g/mol. The van der Waals surface area contributed by atoms with Crippen LogP contribution in [-0.4, -0.2) is 28.1 Å².